The molecule has 0 aliphatic carbocycles. The van der Waals surface area contributed by atoms with Crippen molar-refractivity contribution in [1.82, 2.24) is 4.98 Å². The number of pyridine rings is 1. The maximum atomic E-state index is 5.33. The Morgan fingerprint density at radius 2 is 2.18 bits per heavy atom. The summed E-state index contributed by atoms with van der Waals surface area (Å²) >= 11 is 0. The number of ether oxygens (including phenoxy) is 1. The Balaban J connectivity index is 2.11. The van der Waals surface area contributed by atoms with E-state index in [-0.39, 0.29) is 0 Å². The van der Waals surface area contributed by atoms with Gasteiger partial charge in [-0.1, -0.05) is 17.7 Å². The second-order valence-electron chi connectivity index (χ2n) is 3.91. The van der Waals surface area contributed by atoms with Crippen molar-refractivity contribution >= 4 is 5.69 Å². The molecule has 1 N–H and O–H groups in total. The van der Waals surface area contributed by atoms with Crippen LogP contribution in [-0.4, -0.2) is 12.1 Å². The van der Waals surface area contributed by atoms with Gasteiger partial charge in [-0.25, -0.2) is 0 Å². The zero-order chi connectivity index (χ0) is 12.1. The highest BCUT2D eigenvalue weighted by molar-refractivity contribution is 5.44. The molecule has 2 rings (SSSR count). The molecule has 0 saturated carbocycles. The third-order valence-corrected chi connectivity index (χ3v) is 2.58. The van der Waals surface area contributed by atoms with E-state index in [4.69, 9.17) is 4.74 Å². The molecule has 3 heteroatoms. The third kappa shape index (κ3) is 2.97. The second-order valence-corrected chi connectivity index (χ2v) is 3.91. The molecular weight excluding hydrogens is 212 g/mol. The van der Waals surface area contributed by atoms with Crippen LogP contribution >= 0.6 is 0 Å². The number of rotatable bonds is 4. The van der Waals surface area contributed by atoms with Crippen LogP contribution in [0, 0.1) is 6.92 Å². The number of aryl methyl sites for hydroxylation is 1. The molecule has 17 heavy (non-hydrogen) atoms. The summed E-state index contributed by atoms with van der Waals surface area (Å²) in [5, 5.41) is 3.32. The molecule has 0 radical (unpaired) electrons. The highest BCUT2D eigenvalue weighted by Crippen LogP contribution is 2.20. The topological polar surface area (TPSA) is 34.1 Å². The lowest BCUT2D eigenvalue weighted by atomic mass is 10.1. The van der Waals surface area contributed by atoms with Crippen LogP contribution < -0.4 is 10.1 Å². The van der Waals surface area contributed by atoms with Gasteiger partial charge in [0.15, 0.2) is 0 Å². The summed E-state index contributed by atoms with van der Waals surface area (Å²) in [4.78, 5) is 4.06. The van der Waals surface area contributed by atoms with Gasteiger partial charge < -0.3 is 10.1 Å². The van der Waals surface area contributed by atoms with Crippen LogP contribution in [0.1, 0.15) is 11.1 Å². The van der Waals surface area contributed by atoms with Crippen LogP contribution in [0.5, 0.6) is 5.75 Å². The molecule has 0 unspecified atom stereocenters. The lowest BCUT2D eigenvalue weighted by Gasteiger charge is -2.11. The number of benzene rings is 1. The highest BCUT2D eigenvalue weighted by Gasteiger charge is 2.02. The van der Waals surface area contributed by atoms with Crippen molar-refractivity contribution in [1.29, 1.82) is 0 Å². The van der Waals surface area contributed by atoms with Crippen molar-refractivity contribution < 1.29 is 4.74 Å². The van der Waals surface area contributed by atoms with Crippen LogP contribution in [0.3, 0.4) is 0 Å². The number of nitrogens with zero attached hydrogens (tertiary/aromatic N) is 1. The zero-order valence-corrected chi connectivity index (χ0v) is 10.1. The fraction of sp³-hybridized carbons (Fsp3) is 0.214. The zero-order valence-electron chi connectivity index (χ0n) is 10.1. The maximum absolute atomic E-state index is 5.33. The van der Waals surface area contributed by atoms with Crippen LogP contribution in [0.2, 0.25) is 0 Å². The molecule has 1 aromatic carbocycles. The van der Waals surface area contributed by atoms with Gasteiger partial charge in [0.25, 0.3) is 0 Å². The molecule has 1 heterocycles. The third-order valence-electron chi connectivity index (χ3n) is 2.58. The standard InChI is InChI=1S/C14H16N2O/c1-11-5-6-14(17-2)12(8-11)9-16-13-4-3-7-15-10-13/h3-8,10,16H,9H2,1-2H3. The van der Waals surface area contributed by atoms with Crippen molar-refractivity contribution in [2.45, 2.75) is 13.5 Å². The van der Waals surface area contributed by atoms with Gasteiger partial charge in [-0.05, 0) is 25.1 Å². The van der Waals surface area contributed by atoms with Crippen molar-refractivity contribution in [2.75, 3.05) is 12.4 Å². The summed E-state index contributed by atoms with van der Waals surface area (Å²) in [6.45, 7) is 2.81. The SMILES string of the molecule is COc1ccc(C)cc1CNc1cccnc1. The van der Waals surface area contributed by atoms with Crippen molar-refractivity contribution in [3.8, 4) is 5.75 Å². The van der Waals surface area contributed by atoms with E-state index in [1.165, 1.54) is 5.56 Å². The van der Waals surface area contributed by atoms with E-state index < -0.39 is 0 Å². The molecule has 0 aliphatic heterocycles. The van der Waals surface area contributed by atoms with E-state index in [2.05, 4.69) is 23.3 Å². The molecule has 88 valence electrons. The smallest absolute Gasteiger partial charge is 0.123 e. The predicted octanol–water partition coefficient (Wildman–Crippen LogP) is 3.01. The Morgan fingerprint density at radius 3 is 2.88 bits per heavy atom. The van der Waals surface area contributed by atoms with Gasteiger partial charge in [0, 0.05) is 24.5 Å². The average molecular weight is 228 g/mol. The van der Waals surface area contributed by atoms with Crippen molar-refractivity contribution in [3.63, 3.8) is 0 Å². The molecule has 0 amide bonds. The number of hydrogen-bond donors (Lipinski definition) is 1. The minimum Gasteiger partial charge on any atom is -0.496 e. The Kier molecular flexibility index (Phi) is 3.60. The maximum Gasteiger partial charge on any atom is 0.123 e. The first-order valence-electron chi connectivity index (χ1n) is 5.57. The summed E-state index contributed by atoms with van der Waals surface area (Å²) < 4.78 is 5.33. The Morgan fingerprint density at radius 1 is 1.29 bits per heavy atom. The lowest BCUT2D eigenvalue weighted by molar-refractivity contribution is 0.410. The molecule has 0 atom stereocenters. The molecule has 0 spiro atoms. The van der Waals surface area contributed by atoms with Crippen LogP contribution in [0.4, 0.5) is 5.69 Å². The predicted molar refractivity (Wildman–Crippen MR) is 69.3 cm³/mol. The quantitative estimate of drug-likeness (QED) is 0.873. The fourth-order valence-electron chi connectivity index (χ4n) is 1.71. The highest BCUT2D eigenvalue weighted by atomic mass is 16.5. The van der Waals surface area contributed by atoms with Crippen molar-refractivity contribution in [3.05, 3.63) is 53.9 Å². The van der Waals surface area contributed by atoms with Gasteiger partial charge in [-0.2, -0.15) is 0 Å². The van der Waals surface area contributed by atoms with Crippen molar-refractivity contribution in [2.24, 2.45) is 0 Å². The van der Waals surface area contributed by atoms with E-state index in [0.717, 1.165) is 23.5 Å². The van der Waals surface area contributed by atoms with Gasteiger partial charge in [-0.3, -0.25) is 4.98 Å². The Labute approximate surface area is 101 Å². The number of methoxy groups -OCH3 is 1. The fourth-order valence-corrected chi connectivity index (χ4v) is 1.71. The molecule has 1 aromatic heterocycles. The number of aromatic nitrogens is 1. The van der Waals surface area contributed by atoms with E-state index in [0.29, 0.717) is 0 Å². The van der Waals surface area contributed by atoms with Gasteiger partial charge in [0.2, 0.25) is 0 Å². The van der Waals surface area contributed by atoms with E-state index in [9.17, 15) is 0 Å². The first-order valence-corrected chi connectivity index (χ1v) is 5.57. The van der Waals surface area contributed by atoms with Crippen LogP contribution in [0.15, 0.2) is 42.7 Å². The molecule has 3 nitrogen and oxygen atoms in total. The monoisotopic (exact) mass is 228 g/mol. The summed E-state index contributed by atoms with van der Waals surface area (Å²) in [5.41, 5.74) is 3.39. The average Bonchev–Trinajstić information content (AvgIpc) is 2.38. The number of anilines is 1. The molecule has 2 aromatic rings. The summed E-state index contributed by atoms with van der Waals surface area (Å²) in [6, 6.07) is 10.1. The number of nitrogens with one attached hydrogen (secondary N) is 1. The van der Waals surface area contributed by atoms with Crippen LogP contribution in [-0.2, 0) is 6.54 Å². The van der Waals surface area contributed by atoms with E-state index >= 15 is 0 Å². The molecule has 0 fully saturated rings. The minimum absolute atomic E-state index is 0.733. The first kappa shape index (κ1) is 11.5. The Hall–Kier alpha value is -2.03. The molecule has 0 bridgehead atoms. The lowest BCUT2D eigenvalue weighted by Crippen LogP contribution is -2.02. The first-order chi connectivity index (χ1) is 8.29. The summed E-state index contributed by atoms with van der Waals surface area (Å²) in [6.07, 6.45) is 3.57. The van der Waals surface area contributed by atoms with Gasteiger partial charge in [-0.15, -0.1) is 0 Å². The molecule has 0 aliphatic rings. The van der Waals surface area contributed by atoms with Gasteiger partial charge in [0.1, 0.15) is 5.75 Å². The summed E-state index contributed by atoms with van der Waals surface area (Å²) in [5.74, 6) is 0.909. The van der Waals surface area contributed by atoms with Gasteiger partial charge in [0.05, 0.1) is 12.8 Å². The van der Waals surface area contributed by atoms with E-state index in [1.807, 2.05) is 30.5 Å². The van der Waals surface area contributed by atoms with Gasteiger partial charge >= 0.3 is 0 Å². The number of hydrogen-bond acceptors (Lipinski definition) is 3. The normalized spacial score (nSPS) is 10.0. The molecular formula is C14H16N2O. The summed E-state index contributed by atoms with van der Waals surface area (Å²) in [7, 11) is 1.69. The Bertz CT molecular complexity index is 483. The molecule has 0 saturated heterocycles. The minimum atomic E-state index is 0.733. The van der Waals surface area contributed by atoms with Crippen LogP contribution in [0.25, 0.3) is 0 Å². The largest absolute Gasteiger partial charge is 0.496 e. The second kappa shape index (κ2) is 5.34. The van der Waals surface area contributed by atoms with E-state index in [1.54, 1.807) is 13.3 Å².